The van der Waals surface area contributed by atoms with Crippen LogP contribution >= 0.6 is 0 Å². The summed E-state index contributed by atoms with van der Waals surface area (Å²) in [6.07, 6.45) is -3.62. The van der Waals surface area contributed by atoms with Crippen LogP contribution in [-0.2, 0) is 6.18 Å². The van der Waals surface area contributed by atoms with Crippen LogP contribution in [0.3, 0.4) is 0 Å². The number of benzene rings is 1. The van der Waals surface area contributed by atoms with Gasteiger partial charge in [-0.05, 0) is 43.7 Å². The van der Waals surface area contributed by atoms with Gasteiger partial charge < -0.3 is 10.6 Å². The molecule has 0 unspecified atom stereocenters. The van der Waals surface area contributed by atoms with Crippen molar-refractivity contribution in [1.29, 1.82) is 0 Å². The first kappa shape index (κ1) is 22.3. The van der Waals surface area contributed by atoms with Gasteiger partial charge in [0.2, 0.25) is 0 Å². The first-order chi connectivity index (χ1) is 15.8. The smallest absolute Gasteiger partial charge is 0.370 e. The van der Waals surface area contributed by atoms with Gasteiger partial charge in [0.25, 0.3) is 5.91 Å². The Morgan fingerprint density at radius 2 is 1.76 bits per heavy atom. The molecule has 1 aromatic carbocycles. The van der Waals surface area contributed by atoms with Crippen molar-refractivity contribution >= 4 is 23.2 Å². The second kappa shape index (κ2) is 8.89. The van der Waals surface area contributed by atoms with Crippen LogP contribution < -0.4 is 10.6 Å². The number of alkyl halides is 3. The molecule has 0 saturated heterocycles. The fraction of sp³-hybridized carbons (Fsp3) is 0.217. The molecule has 0 aliphatic heterocycles. The van der Waals surface area contributed by atoms with Crippen molar-refractivity contribution in [2.45, 2.75) is 26.4 Å². The van der Waals surface area contributed by atoms with Gasteiger partial charge in [-0.15, -0.1) is 0 Å². The first-order valence-corrected chi connectivity index (χ1v) is 10.3. The van der Waals surface area contributed by atoms with E-state index >= 15 is 0 Å². The van der Waals surface area contributed by atoms with Gasteiger partial charge in [0, 0.05) is 12.1 Å². The largest absolute Gasteiger partial charge is 0.417 e. The number of pyridine rings is 1. The van der Waals surface area contributed by atoms with Gasteiger partial charge in [-0.2, -0.15) is 18.3 Å². The van der Waals surface area contributed by atoms with Crippen molar-refractivity contribution in [3.63, 3.8) is 0 Å². The topological polar surface area (TPSA) is 84.2 Å². The molecule has 10 heteroatoms. The maximum absolute atomic E-state index is 13.5. The van der Waals surface area contributed by atoms with Crippen molar-refractivity contribution in [3.8, 4) is 11.3 Å². The minimum absolute atomic E-state index is 0.0748. The van der Waals surface area contributed by atoms with Crippen LogP contribution in [0.1, 0.15) is 35.1 Å². The molecule has 4 rings (SSSR count). The minimum atomic E-state index is -4.54. The van der Waals surface area contributed by atoms with Crippen LogP contribution in [0.5, 0.6) is 0 Å². The first-order valence-electron chi connectivity index (χ1n) is 10.3. The van der Waals surface area contributed by atoms with Gasteiger partial charge in [0.15, 0.2) is 11.3 Å². The summed E-state index contributed by atoms with van der Waals surface area (Å²) in [5, 5.41) is 10.2. The summed E-state index contributed by atoms with van der Waals surface area (Å²) in [5.41, 5.74) is 0.0378. The van der Waals surface area contributed by atoms with E-state index in [0.717, 1.165) is 19.0 Å². The Labute approximate surface area is 187 Å². The van der Waals surface area contributed by atoms with Crippen LogP contribution in [0.15, 0.2) is 54.6 Å². The zero-order chi connectivity index (χ0) is 23.6. The average Bonchev–Trinajstić information content (AvgIpc) is 3.12. The highest BCUT2D eigenvalue weighted by molar-refractivity contribution is 6.04. The van der Waals surface area contributed by atoms with E-state index in [0.29, 0.717) is 23.0 Å². The average molecular weight is 454 g/mol. The highest BCUT2D eigenvalue weighted by Crippen LogP contribution is 2.36. The lowest BCUT2D eigenvalue weighted by molar-refractivity contribution is -0.137. The lowest BCUT2D eigenvalue weighted by atomic mass is 10.0. The predicted octanol–water partition coefficient (Wildman–Crippen LogP) is 5.19. The van der Waals surface area contributed by atoms with E-state index in [1.807, 2.05) is 6.92 Å². The third kappa shape index (κ3) is 4.64. The van der Waals surface area contributed by atoms with E-state index in [2.05, 4.69) is 25.7 Å². The SMILES string of the molecule is CCCNc1cccc(NC(=O)c2c(C)nc3ccc(-c4ccccc4C(F)(F)F)nn23)n1. The van der Waals surface area contributed by atoms with Crippen molar-refractivity contribution in [3.05, 3.63) is 71.5 Å². The molecular weight excluding hydrogens is 433 g/mol. The molecule has 0 spiro atoms. The number of aryl methyl sites for hydroxylation is 1. The van der Waals surface area contributed by atoms with Crippen molar-refractivity contribution in [2.24, 2.45) is 0 Å². The number of carbonyl (C=O) groups is 1. The Bertz CT molecular complexity index is 1320. The number of hydrogen-bond donors (Lipinski definition) is 2. The Morgan fingerprint density at radius 3 is 2.52 bits per heavy atom. The quantitative estimate of drug-likeness (QED) is 0.419. The molecule has 2 N–H and O–H groups in total. The van der Waals surface area contributed by atoms with E-state index in [4.69, 9.17) is 0 Å². The zero-order valence-corrected chi connectivity index (χ0v) is 17.9. The number of rotatable bonds is 6. The summed E-state index contributed by atoms with van der Waals surface area (Å²) in [6.45, 7) is 4.41. The summed E-state index contributed by atoms with van der Waals surface area (Å²) >= 11 is 0. The predicted molar refractivity (Wildman–Crippen MR) is 119 cm³/mol. The molecule has 0 saturated carbocycles. The van der Waals surface area contributed by atoms with Crippen molar-refractivity contribution < 1.29 is 18.0 Å². The summed E-state index contributed by atoms with van der Waals surface area (Å²) in [5.74, 6) is 0.427. The number of imidazole rings is 1. The van der Waals surface area contributed by atoms with Crippen molar-refractivity contribution in [1.82, 2.24) is 19.6 Å². The summed E-state index contributed by atoms with van der Waals surface area (Å²) in [7, 11) is 0. The fourth-order valence-electron chi connectivity index (χ4n) is 3.43. The number of fused-ring (bicyclic) bond motifs is 1. The Hall–Kier alpha value is -3.95. The molecule has 1 amide bonds. The summed E-state index contributed by atoms with van der Waals surface area (Å²) in [6, 6.07) is 13.4. The number of aromatic nitrogens is 4. The number of anilines is 2. The Balaban J connectivity index is 1.71. The maximum atomic E-state index is 13.5. The fourth-order valence-corrected chi connectivity index (χ4v) is 3.43. The third-order valence-corrected chi connectivity index (χ3v) is 4.92. The van der Waals surface area contributed by atoms with Gasteiger partial charge in [-0.3, -0.25) is 4.79 Å². The van der Waals surface area contributed by atoms with Crippen LogP contribution in [0.4, 0.5) is 24.8 Å². The summed E-state index contributed by atoms with van der Waals surface area (Å²) in [4.78, 5) is 21.7. The molecule has 0 aliphatic rings. The van der Waals surface area contributed by atoms with Gasteiger partial charge in [-0.25, -0.2) is 14.5 Å². The summed E-state index contributed by atoms with van der Waals surface area (Å²) < 4.78 is 41.7. The van der Waals surface area contributed by atoms with Crippen LogP contribution in [0.25, 0.3) is 16.9 Å². The molecular formula is C23H21F3N6O. The Morgan fingerprint density at radius 1 is 1.00 bits per heavy atom. The van der Waals surface area contributed by atoms with Crippen LogP contribution in [0, 0.1) is 6.92 Å². The molecule has 170 valence electrons. The van der Waals surface area contributed by atoms with Gasteiger partial charge in [-0.1, -0.05) is 31.2 Å². The van der Waals surface area contributed by atoms with Gasteiger partial charge >= 0.3 is 6.18 Å². The number of carbonyl (C=O) groups excluding carboxylic acids is 1. The molecule has 0 atom stereocenters. The molecule has 3 heterocycles. The molecule has 0 radical (unpaired) electrons. The second-order valence-corrected chi connectivity index (χ2v) is 7.37. The van der Waals surface area contributed by atoms with Crippen LogP contribution in [-0.4, -0.2) is 32.0 Å². The number of nitrogens with one attached hydrogen (secondary N) is 2. The van der Waals surface area contributed by atoms with Gasteiger partial charge in [0.05, 0.1) is 17.0 Å². The second-order valence-electron chi connectivity index (χ2n) is 7.37. The molecule has 4 aromatic rings. The molecule has 7 nitrogen and oxygen atoms in total. The lowest BCUT2D eigenvalue weighted by Crippen LogP contribution is -2.18. The highest BCUT2D eigenvalue weighted by Gasteiger charge is 2.34. The third-order valence-electron chi connectivity index (χ3n) is 4.92. The number of nitrogens with zero attached hydrogens (tertiary/aromatic N) is 4. The number of amides is 1. The number of halogens is 3. The number of hydrogen-bond acceptors (Lipinski definition) is 5. The molecule has 3 aromatic heterocycles. The van der Waals surface area contributed by atoms with E-state index in [1.165, 1.54) is 34.8 Å². The maximum Gasteiger partial charge on any atom is 0.417 e. The molecule has 33 heavy (non-hydrogen) atoms. The van der Waals surface area contributed by atoms with Crippen molar-refractivity contribution in [2.75, 3.05) is 17.2 Å². The normalized spacial score (nSPS) is 11.5. The van der Waals surface area contributed by atoms with E-state index < -0.39 is 17.6 Å². The van der Waals surface area contributed by atoms with Gasteiger partial charge in [0.1, 0.15) is 11.6 Å². The monoisotopic (exact) mass is 454 g/mol. The Kier molecular flexibility index (Phi) is 5.99. The van der Waals surface area contributed by atoms with E-state index in [1.54, 1.807) is 25.1 Å². The zero-order valence-electron chi connectivity index (χ0n) is 17.9. The van der Waals surface area contributed by atoms with E-state index in [9.17, 15) is 18.0 Å². The molecule has 0 bridgehead atoms. The minimum Gasteiger partial charge on any atom is -0.370 e. The highest BCUT2D eigenvalue weighted by atomic mass is 19.4. The van der Waals surface area contributed by atoms with Crippen LogP contribution in [0.2, 0.25) is 0 Å². The van der Waals surface area contributed by atoms with E-state index in [-0.39, 0.29) is 17.0 Å². The lowest BCUT2D eigenvalue weighted by Gasteiger charge is -2.12. The standard InChI is InChI=1S/C23H21F3N6O/c1-3-13-27-18-9-6-10-19(29-18)30-22(33)21-14(2)28-20-12-11-17(31-32(20)21)15-7-4-5-8-16(15)23(24,25)26/h4-12H,3,13H2,1-2H3,(H2,27,29,30,33). The molecule has 0 fully saturated rings. The molecule has 0 aliphatic carbocycles.